The van der Waals surface area contributed by atoms with Crippen LogP contribution in [0.3, 0.4) is 0 Å². The number of nitrogens with zero attached hydrogens (tertiary/aromatic N) is 1. The van der Waals surface area contributed by atoms with Crippen LogP contribution in [0, 0.1) is 0 Å². The first kappa shape index (κ1) is 12.5. The zero-order valence-electron chi connectivity index (χ0n) is 11.3. The molecule has 2 aromatic carbocycles. The first-order chi connectivity index (χ1) is 9.76. The molecule has 1 aromatic heterocycles. The lowest BCUT2D eigenvalue weighted by atomic mass is 10.1. The number of nitrogen functional groups attached to an aromatic ring is 1. The Morgan fingerprint density at radius 2 is 1.95 bits per heavy atom. The van der Waals surface area contributed by atoms with Gasteiger partial charge in [0.2, 0.25) is 0 Å². The van der Waals surface area contributed by atoms with E-state index in [0.717, 1.165) is 22.4 Å². The van der Waals surface area contributed by atoms with Gasteiger partial charge in [0.1, 0.15) is 11.3 Å². The molecule has 0 amide bonds. The van der Waals surface area contributed by atoms with Gasteiger partial charge in [0.05, 0.1) is 12.3 Å². The van der Waals surface area contributed by atoms with Gasteiger partial charge in [0, 0.05) is 6.42 Å². The molecule has 0 fully saturated rings. The lowest BCUT2D eigenvalue weighted by molar-refractivity contribution is 0.340. The van der Waals surface area contributed by atoms with Crippen molar-refractivity contribution in [2.24, 2.45) is 0 Å². The van der Waals surface area contributed by atoms with Gasteiger partial charge in [-0.05, 0) is 36.8 Å². The number of hydrogen-bond donors (Lipinski definition) is 1. The minimum Gasteiger partial charge on any atom is -0.494 e. The van der Waals surface area contributed by atoms with Gasteiger partial charge in [-0.2, -0.15) is 0 Å². The monoisotopic (exact) mass is 268 g/mol. The summed E-state index contributed by atoms with van der Waals surface area (Å²) in [7, 11) is 0. The van der Waals surface area contributed by atoms with Crippen LogP contribution in [0.25, 0.3) is 11.1 Å². The van der Waals surface area contributed by atoms with Crippen molar-refractivity contribution in [1.29, 1.82) is 0 Å². The number of hydrogen-bond acceptors (Lipinski definition) is 4. The smallest absolute Gasteiger partial charge is 0.199 e. The van der Waals surface area contributed by atoms with E-state index in [4.69, 9.17) is 14.9 Å². The average Bonchev–Trinajstić information content (AvgIpc) is 2.85. The molecule has 102 valence electrons. The van der Waals surface area contributed by atoms with Crippen LogP contribution in [0.1, 0.15) is 18.4 Å². The maximum Gasteiger partial charge on any atom is 0.199 e. The Balaban J connectivity index is 1.83. The second kappa shape index (κ2) is 5.25. The van der Waals surface area contributed by atoms with Crippen LogP contribution in [0.4, 0.5) is 5.69 Å². The quantitative estimate of drug-likeness (QED) is 0.737. The summed E-state index contributed by atoms with van der Waals surface area (Å²) >= 11 is 0. The molecule has 0 radical (unpaired) electrons. The van der Waals surface area contributed by atoms with Gasteiger partial charge < -0.3 is 14.9 Å². The standard InChI is InChI=1S/C16H16N2O2/c1-2-19-12-8-6-11(7-9-12)10-15-18-16-13(17)4-3-5-14(16)20-15/h3-9H,2,10,17H2,1H3. The molecule has 0 bridgehead atoms. The third-order valence-corrected chi connectivity index (χ3v) is 3.08. The minimum atomic E-state index is 0.639. The van der Waals surface area contributed by atoms with Crippen molar-refractivity contribution in [2.75, 3.05) is 12.3 Å². The molecular formula is C16H16N2O2. The van der Waals surface area contributed by atoms with Gasteiger partial charge in [-0.1, -0.05) is 18.2 Å². The molecule has 0 aliphatic carbocycles. The molecule has 0 atom stereocenters. The topological polar surface area (TPSA) is 61.3 Å². The van der Waals surface area contributed by atoms with Crippen LogP contribution in [-0.2, 0) is 6.42 Å². The van der Waals surface area contributed by atoms with Crippen LogP contribution >= 0.6 is 0 Å². The first-order valence-corrected chi connectivity index (χ1v) is 6.62. The van der Waals surface area contributed by atoms with Crippen molar-refractivity contribution in [2.45, 2.75) is 13.3 Å². The number of benzene rings is 2. The number of rotatable bonds is 4. The van der Waals surface area contributed by atoms with Crippen molar-refractivity contribution in [3.8, 4) is 5.75 Å². The van der Waals surface area contributed by atoms with Crippen LogP contribution < -0.4 is 10.5 Å². The summed E-state index contributed by atoms with van der Waals surface area (Å²) in [6.45, 7) is 2.64. The molecule has 0 aliphatic heterocycles. The fraction of sp³-hybridized carbons (Fsp3) is 0.188. The maximum absolute atomic E-state index is 5.88. The molecular weight excluding hydrogens is 252 g/mol. The maximum atomic E-state index is 5.88. The molecule has 0 aliphatic rings. The summed E-state index contributed by atoms with van der Waals surface area (Å²) in [5.41, 5.74) is 9.10. The zero-order chi connectivity index (χ0) is 13.9. The van der Waals surface area contributed by atoms with E-state index in [9.17, 15) is 0 Å². The molecule has 0 saturated carbocycles. The number of oxazole rings is 1. The van der Waals surface area contributed by atoms with Gasteiger partial charge in [-0.15, -0.1) is 0 Å². The molecule has 0 saturated heterocycles. The van der Waals surface area contributed by atoms with E-state index in [1.165, 1.54) is 0 Å². The van der Waals surface area contributed by atoms with Gasteiger partial charge in [-0.25, -0.2) is 4.98 Å². The van der Waals surface area contributed by atoms with E-state index < -0.39 is 0 Å². The zero-order valence-corrected chi connectivity index (χ0v) is 11.3. The van der Waals surface area contributed by atoms with Gasteiger partial charge in [0.15, 0.2) is 11.5 Å². The third-order valence-electron chi connectivity index (χ3n) is 3.08. The molecule has 0 unspecified atom stereocenters. The Hall–Kier alpha value is -2.49. The van der Waals surface area contributed by atoms with E-state index in [1.807, 2.05) is 49.4 Å². The highest BCUT2D eigenvalue weighted by atomic mass is 16.5. The number of nitrogens with two attached hydrogens (primary N) is 1. The third kappa shape index (κ3) is 2.45. The summed E-state index contributed by atoms with van der Waals surface area (Å²) in [5, 5.41) is 0. The highest BCUT2D eigenvalue weighted by Gasteiger charge is 2.08. The van der Waals surface area contributed by atoms with Crippen molar-refractivity contribution >= 4 is 16.8 Å². The van der Waals surface area contributed by atoms with Crippen molar-refractivity contribution in [3.05, 3.63) is 53.9 Å². The number of aromatic nitrogens is 1. The Morgan fingerprint density at radius 3 is 2.65 bits per heavy atom. The van der Waals surface area contributed by atoms with Crippen LogP contribution in [0.5, 0.6) is 5.75 Å². The molecule has 20 heavy (non-hydrogen) atoms. The predicted octanol–water partition coefficient (Wildman–Crippen LogP) is 3.40. The summed E-state index contributed by atoms with van der Waals surface area (Å²) in [4.78, 5) is 4.44. The summed E-state index contributed by atoms with van der Waals surface area (Å²) < 4.78 is 11.1. The molecule has 2 N–H and O–H groups in total. The molecule has 1 heterocycles. The first-order valence-electron chi connectivity index (χ1n) is 6.62. The fourth-order valence-corrected chi connectivity index (χ4v) is 2.14. The lowest BCUT2D eigenvalue weighted by Gasteiger charge is -2.03. The molecule has 3 rings (SSSR count). The lowest BCUT2D eigenvalue weighted by Crippen LogP contribution is -1.92. The summed E-state index contributed by atoms with van der Waals surface area (Å²) in [5.74, 6) is 1.54. The average molecular weight is 268 g/mol. The molecule has 0 spiro atoms. The minimum absolute atomic E-state index is 0.639. The number of fused-ring (bicyclic) bond motifs is 1. The van der Waals surface area contributed by atoms with Crippen molar-refractivity contribution in [3.63, 3.8) is 0 Å². The number of para-hydroxylation sites is 1. The van der Waals surface area contributed by atoms with Crippen molar-refractivity contribution < 1.29 is 9.15 Å². The summed E-state index contributed by atoms with van der Waals surface area (Å²) in [6.07, 6.45) is 0.639. The molecule has 4 nitrogen and oxygen atoms in total. The van der Waals surface area contributed by atoms with E-state index in [1.54, 1.807) is 0 Å². The number of ether oxygens (including phenoxy) is 1. The number of anilines is 1. The van der Waals surface area contributed by atoms with E-state index in [0.29, 0.717) is 24.6 Å². The molecule has 3 aromatic rings. The SMILES string of the molecule is CCOc1ccc(Cc2nc3c(N)cccc3o2)cc1. The highest BCUT2D eigenvalue weighted by molar-refractivity contribution is 5.85. The normalized spacial score (nSPS) is 10.8. The van der Waals surface area contributed by atoms with E-state index >= 15 is 0 Å². The van der Waals surface area contributed by atoms with Gasteiger partial charge in [-0.3, -0.25) is 0 Å². The second-order valence-corrected chi connectivity index (χ2v) is 4.56. The van der Waals surface area contributed by atoms with Crippen molar-refractivity contribution in [1.82, 2.24) is 4.98 Å². The van der Waals surface area contributed by atoms with Crippen LogP contribution in [-0.4, -0.2) is 11.6 Å². The Morgan fingerprint density at radius 1 is 1.15 bits per heavy atom. The Kier molecular flexibility index (Phi) is 3.29. The second-order valence-electron chi connectivity index (χ2n) is 4.56. The Labute approximate surface area is 117 Å². The molecule has 4 heteroatoms. The predicted molar refractivity (Wildman–Crippen MR) is 78.8 cm³/mol. The van der Waals surface area contributed by atoms with E-state index in [-0.39, 0.29) is 0 Å². The highest BCUT2D eigenvalue weighted by Crippen LogP contribution is 2.23. The largest absolute Gasteiger partial charge is 0.494 e. The van der Waals surface area contributed by atoms with Gasteiger partial charge >= 0.3 is 0 Å². The Bertz CT molecular complexity index is 717. The van der Waals surface area contributed by atoms with E-state index in [2.05, 4.69) is 4.98 Å². The van der Waals surface area contributed by atoms with Crippen LogP contribution in [0.15, 0.2) is 46.9 Å². The van der Waals surface area contributed by atoms with Crippen LogP contribution in [0.2, 0.25) is 0 Å². The summed E-state index contributed by atoms with van der Waals surface area (Å²) in [6, 6.07) is 13.5. The fourth-order valence-electron chi connectivity index (χ4n) is 2.14. The van der Waals surface area contributed by atoms with Gasteiger partial charge in [0.25, 0.3) is 0 Å².